The molecule has 1 unspecified atom stereocenters. The van der Waals surface area contributed by atoms with E-state index in [0.29, 0.717) is 19.0 Å². The Bertz CT molecular complexity index is 243. The van der Waals surface area contributed by atoms with Gasteiger partial charge in [-0.2, -0.15) is 0 Å². The molecule has 0 aromatic carbocycles. The third kappa shape index (κ3) is 7.96. The second kappa shape index (κ2) is 6.19. The van der Waals surface area contributed by atoms with Crippen molar-refractivity contribution in [1.82, 2.24) is 10.6 Å². The molecule has 1 amide bonds. The van der Waals surface area contributed by atoms with Crippen molar-refractivity contribution in [2.24, 2.45) is 0 Å². The van der Waals surface area contributed by atoms with Gasteiger partial charge in [0.25, 0.3) is 0 Å². The summed E-state index contributed by atoms with van der Waals surface area (Å²) in [7, 11) is 0. The predicted molar refractivity (Wildman–Crippen MR) is 64.8 cm³/mol. The lowest BCUT2D eigenvalue weighted by molar-refractivity contribution is 0.0524. The lowest BCUT2D eigenvalue weighted by Gasteiger charge is -2.19. The van der Waals surface area contributed by atoms with Crippen molar-refractivity contribution >= 4 is 6.09 Å². The minimum Gasteiger partial charge on any atom is -0.444 e. The Morgan fingerprint density at radius 2 is 2.00 bits per heavy atom. The fourth-order valence-corrected chi connectivity index (χ4v) is 1.32. The van der Waals surface area contributed by atoms with Crippen LogP contribution < -0.4 is 10.6 Å². The quantitative estimate of drug-likeness (QED) is 0.744. The standard InChI is InChI=1S/C8H15NO2.C4H8FN/c1-8(2,3)11-7(10)9-6-4-5-6;5-4-1-2-6-3-4/h6H,4-5H2,1-3H3,(H,9,10);4,6H,1-3H2. The second-order valence-corrected chi connectivity index (χ2v) is 5.51. The summed E-state index contributed by atoms with van der Waals surface area (Å²) in [6, 6.07) is 0.379. The number of rotatable bonds is 1. The molecule has 1 heterocycles. The third-order valence-corrected chi connectivity index (χ3v) is 2.30. The van der Waals surface area contributed by atoms with E-state index >= 15 is 0 Å². The largest absolute Gasteiger partial charge is 0.444 e. The van der Waals surface area contributed by atoms with Crippen LogP contribution >= 0.6 is 0 Å². The molecule has 0 radical (unpaired) electrons. The molecule has 100 valence electrons. The van der Waals surface area contributed by atoms with Crippen LogP contribution in [-0.4, -0.2) is 37.0 Å². The lowest BCUT2D eigenvalue weighted by atomic mass is 10.2. The van der Waals surface area contributed by atoms with Crippen molar-refractivity contribution in [3.63, 3.8) is 0 Å². The molecule has 1 aliphatic carbocycles. The Balaban J connectivity index is 0.000000202. The van der Waals surface area contributed by atoms with Gasteiger partial charge in [0.05, 0.1) is 0 Å². The van der Waals surface area contributed by atoms with Gasteiger partial charge in [-0.05, 0) is 46.6 Å². The van der Waals surface area contributed by atoms with Crippen LogP contribution in [0.25, 0.3) is 0 Å². The number of carbonyl (C=O) groups is 1. The van der Waals surface area contributed by atoms with E-state index in [1.54, 1.807) is 0 Å². The first-order valence-corrected chi connectivity index (χ1v) is 6.21. The average molecular weight is 246 g/mol. The van der Waals surface area contributed by atoms with E-state index in [-0.39, 0.29) is 11.7 Å². The Morgan fingerprint density at radius 3 is 2.29 bits per heavy atom. The molecule has 5 heteroatoms. The first kappa shape index (κ1) is 14.2. The molecule has 1 aliphatic heterocycles. The number of nitrogens with one attached hydrogen (secondary N) is 2. The average Bonchev–Trinajstić information content (AvgIpc) is 2.82. The zero-order chi connectivity index (χ0) is 12.9. The summed E-state index contributed by atoms with van der Waals surface area (Å²) in [5.74, 6) is 0. The molecule has 1 saturated heterocycles. The number of amides is 1. The summed E-state index contributed by atoms with van der Waals surface area (Å²) in [4.78, 5) is 11.0. The lowest BCUT2D eigenvalue weighted by Crippen LogP contribution is -2.33. The summed E-state index contributed by atoms with van der Waals surface area (Å²) in [5.41, 5.74) is -0.376. The molecule has 17 heavy (non-hydrogen) atoms. The summed E-state index contributed by atoms with van der Waals surface area (Å²) < 4.78 is 16.9. The molecule has 4 nitrogen and oxygen atoms in total. The zero-order valence-electron chi connectivity index (χ0n) is 10.9. The Morgan fingerprint density at radius 1 is 1.35 bits per heavy atom. The van der Waals surface area contributed by atoms with Crippen LogP contribution in [0.1, 0.15) is 40.0 Å². The van der Waals surface area contributed by atoms with E-state index in [2.05, 4.69) is 10.6 Å². The number of alkyl halides is 1. The number of hydrogen-bond donors (Lipinski definition) is 2. The van der Waals surface area contributed by atoms with Gasteiger partial charge < -0.3 is 15.4 Å². The zero-order valence-corrected chi connectivity index (χ0v) is 10.9. The van der Waals surface area contributed by atoms with Gasteiger partial charge >= 0.3 is 6.09 Å². The molecule has 0 bridgehead atoms. The summed E-state index contributed by atoms with van der Waals surface area (Å²) in [6.45, 7) is 7.01. The molecule has 1 saturated carbocycles. The summed E-state index contributed by atoms with van der Waals surface area (Å²) in [5, 5.41) is 5.65. The van der Waals surface area contributed by atoms with E-state index in [4.69, 9.17) is 4.74 Å². The highest BCUT2D eigenvalue weighted by atomic mass is 19.1. The van der Waals surface area contributed by atoms with E-state index in [1.165, 1.54) is 0 Å². The second-order valence-electron chi connectivity index (χ2n) is 5.51. The van der Waals surface area contributed by atoms with Gasteiger partial charge in [0, 0.05) is 12.6 Å². The maximum absolute atomic E-state index is 11.9. The number of alkyl carbamates (subject to hydrolysis) is 1. The highest BCUT2D eigenvalue weighted by Crippen LogP contribution is 2.19. The molecule has 2 rings (SSSR count). The van der Waals surface area contributed by atoms with Crippen molar-refractivity contribution in [2.45, 2.75) is 57.8 Å². The van der Waals surface area contributed by atoms with Crippen LogP contribution in [0.3, 0.4) is 0 Å². The fraction of sp³-hybridized carbons (Fsp3) is 0.917. The molecular formula is C12H23FN2O2. The van der Waals surface area contributed by atoms with Crippen LogP contribution in [-0.2, 0) is 4.74 Å². The van der Waals surface area contributed by atoms with Crippen molar-refractivity contribution in [3.05, 3.63) is 0 Å². The highest BCUT2D eigenvalue weighted by molar-refractivity contribution is 5.68. The maximum Gasteiger partial charge on any atom is 0.407 e. The van der Waals surface area contributed by atoms with Crippen LogP contribution in [0.5, 0.6) is 0 Å². The van der Waals surface area contributed by atoms with Gasteiger partial charge in [-0.3, -0.25) is 0 Å². The van der Waals surface area contributed by atoms with Gasteiger partial charge in [-0.1, -0.05) is 0 Å². The molecule has 2 N–H and O–H groups in total. The normalized spacial score (nSPS) is 23.6. The summed E-state index contributed by atoms with van der Waals surface area (Å²) >= 11 is 0. The highest BCUT2D eigenvalue weighted by Gasteiger charge is 2.25. The van der Waals surface area contributed by atoms with E-state index in [9.17, 15) is 9.18 Å². The molecule has 0 spiro atoms. The van der Waals surface area contributed by atoms with Gasteiger partial charge in [-0.15, -0.1) is 0 Å². The topological polar surface area (TPSA) is 50.4 Å². The van der Waals surface area contributed by atoms with Crippen LogP contribution in [0, 0.1) is 0 Å². The van der Waals surface area contributed by atoms with Crippen molar-refractivity contribution in [2.75, 3.05) is 13.1 Å². The fourth-order valence-electron chi connectivity index (χ4n) is 1.32. The Hall–Kier alpha value is -0.840. The van der Waals surface area contributed by atoms with Gasteiger partial charge in [0.1, 0.15) is 11.8 Å². The SMILES string of the molecule is CC(C)(C)OC(=O)NC1CC1.FC1CCNC1. The summed E-state index contributed by atoms with van der Waals surface area (Å²) in [6.07, 6.45) is 2.04. The van der Waals surface area contributed by atoms with Crippen LogP contribution in [0.2, 0.25) is 0 Å². The minimum atomic E-state index is -0.565. The minimum absolute atomic E-state index is 0.292. The smallest absolute Gasteiger partial charge is 0.407 e. The Labute approximate surface area is 102 Å². The monoisotopic (exact) mass is 246 g/mol. The van der Waals surface area contributed by atoms with Gasteiger partial charge in [0.2, 0.25) is 0 Å². The number of carbonyl (C=O) groups excluding carboxylic acids is 1. The van der Waals surface area contributed by atoms with E-state index in [1.807, 2.05) is 20.8 Å². The van der Waals surface area contributed by atoms with E-state index in [0.717, 1.165) is 19.4 Å². The van der Waals surface area contributed by atoms with Crippen LogP contribution in [0.4, 0.5) is 9.18 Å². The van der Waals surface area contributed by atoms with Crippen molar-refractivity contribution < 1.29 is 13.9 Å². The number of hydrogen-bond acceptors (Lipinski definition) is 3. The predicted octanol–water partition coefficient (Wildman–Crippen LogP) is 1.99. The molecule has 1 atom stereocenters. The molecule has 2 aliphatic rings. The van der Waals surface area contributed by atoms with Crippen molar-refractivity contribution in [1.29, 1.82) is 0 Å². The van der Waals surface area contributed by atoms with Gasteiger partial charge in [0.15, 0.2) is 0 Å². The molecule has 0 aromatic rings. The van der Waals surface area contributed by atoms with E-state index < -0.39 is 6.17 Å². The third-order valence-electron chi connectivity index (χ3n) is 2.30. The van der Waals surface area contributed by atoms with Crippen LogP contribution in [0.15, 0.2) is 0 Å². The Kier molecular flexibility index (Phi) is 5.18. The van der Waals surface area contributed by atoms with Gasteiger partial charge in [-0.25, -0.2) is 9.18 Å². The number of ether oxygens (including phenoxy) is 1. The maximum atomic E-state index is 11.9. The molecular weight excluding hydrogens is 223 g/mol. The van der Waals surface area contributed by atoms with Crippen molar-refractivity contribution in [3.8, 4) is 0 Å². The molecule has 0 aromatic heterocycles. The molecule has 2 fully saturated rings. The number of halogens is 1. The first-order chi connectivity index (χ1) is 7.87. The first-order valence-electron chi connectivity index (χ1n) is 6.21.